The Balaban J connectivity index is 1.43. The molecule has 3 heterocycles. The zero-order chi connectivity index (χ0) is 16.5. The molecule has 1 aromatic rings. The Hall–Kier alpha value is -1.50. The number of likely N-dealkylation sites (tertiary alicyclic amines) is 1. The van der Waals surface area contributed by atoms with E-state index in [0.29, 0.717) is 44.7 Å². The third-order valence-electron chi connectivity index (χ3n) is 5.32. The van der Waals surface area contributed by atoms with Crippen LogP contribution in [0.25, 0.3) is 0 Å². The highest BCUT2D eigenvalue weighted by Crippen LogP contribution is 2.36. The molecule has 1 aromatic carbocycles. The molecular weight excluding hydrogens is 311 g/mol. The van der Waals surface area contributed by atoms with Crippen molar-refractivity contribution in [2.75, 3.05) is 39.5 Å². The van der Waals surface area contributed by atoms with E-state index in [0.717, 1.165) is 25.1 Å². The van der Waals surface area contributed by atoms with Crippen molar-refractivity contribution in [3.8, 4) is 0 Å². The number of carbonyl (C=O) groups excluding carboxylic acids is 1. The molecule has 0 N–H and O–H groups in total. The highest BCUT2D eigenvalue weighted by molar-refractivity contribution is 5.78. The molecule has 4 rings (SSSR count). The van der Waals surface area contributed by atoms with Crippen molar-refractivity contribution >= 4 is 5.91 Å². The quantitative estimate of drug-likeness (QED) is 0.844. The molecule has 3 aliphatic rings. The average Bonchev–Trinajstić information content (AvgIpc) is 3.23. The molecule has 0 unspecified atom stereocenters. The SMILES string of the molecule is O=C([C@H]1COC[C@H]2CN(Cc3cccc(F)c3)C[C@H]21)N1CCCO1. The molecule has 3 saturated heterocycles. The molecule has 130 valence electrons. The van der Waals surface area contributed by atoms with E-state index < -0.39 is 0 Å². The van der Waals surface area contributed by atoms with Gasteiger partial charge in [-0.15, -0.1) is 0 Å². The van der Waals surface area contributed by atoms with Gasteiger partial charge in [-0.05, 0) is 36.0 Å². The third-order valence-corrected chi connectivity index (χ3v) is 5.32. The van der Waals surface area contributed by atoms with Crippen LogP contribution in [0.4, 0.5) is 4.39 Å². The summed E-state index contributed by atoms with van der Waals surface area (Å²) in [5.74, 6) is 0.397. The maximum absolute atomic E-state index is 13.4. The van der Waals surface area contributed by atoms with Crippen molar-refractivity contribution in [1.29, 1.82) is 0 Å². The number of carbonyl (C=O) groups is 1. The maximum Gasteiger partial charge on any atom is 0.251 e. The van der Waals surface area contributed by atoms with E-state index in [1.54, 1.807) is 12.1 Å². The minimum atomic E-state index is -0.202. The molecule has 0 spiro atoms. The molecule has 6 heteroatoms. The molecule has 0 radical (unpaired) electrons. The van der Waals surface area contributed by atoms with E-state index in [2.05, 4.69) is 4.90 Å². The maximum atomic E-state index is 13.4. The normalized spacial score (nSPS) is 30.5. The topological polar surface area (TPSA) is 42.0 Å². The van der Waals surface area contributed by atoms with Crippen LogP contribution in [0, 0.1) is 23.6 Å². The van der Waals surface area contributed by atoms with Crippen molar-refractivity contribution in [3.63, 3.8) is 0 Å². The Kier molecular flexibility index (Phi) is 4.52. The second-order valence-corrected chi connectivity index (χ2v) is 7.02. The number of ether oxygens (including phenoxy) is 1. The Bertz CT molecular complexity index is 606. The van der Waals surface area contributed by atoms with Gasteiger partial charge in [-0.3, -0.25) is 14.5 Å². The van der Waals surface area contributed by atoms with Crippen LogP contribution < -0.4 is 0 Å². The fourth-order valence-corrected chi connectivity index (χ4v) is 4.17. The minimum absolute atomic E-state index is 0.0646. The van der Waals surface area contributed by atoms with Crippen molar-refractivity contribution in [2.24, 2.45) is 17.8 Å². The standard InChI is InChI=1S/C18H23FN2O3/c19-15-4-1-3-13(7-15)8-20-9-14-11-23-12-17(16(14)10-20)18(22)21-5-2-6-24-21/h1,3-4,7,14,16-17H,2,5-6,8-12H2/t14-,16-,17+/m1/s1. The number of rotatable bonds is 3. The molecule has 0 saturated carbocycles. The van der Waals surface area contributed by atoms with Crippen molar-refractivity contribution in [1.82, 2.24) is 9.96 Å². The van der Waals surface area contributed by atoms with Crippen molar-refractivity contribution in [3.05, 3.63) is 35.6 Å². The van der Waals surface area contributed by atoms with E-state index in [4.69, 9.17) is 9.57 Å². The summed E-state index contributed by atoms with van der Waals surface area (Å²) in [6.07, 6.45) is 0.902. The second kappa shape index (κ2) is 6.78. The lowest BCUT2D eigenvalue weighted by atomic mass is 9.82. The van der Waals surface area contributed by atoms with Crippen LogP contribution in [0.3, 0.4) is 0 Å². The summed E-state index contributed by atoms with van der Waals surface area (Å²) >= 11 is 0. The lowest BCUT2D eigenvalue weighted by Gasteiger charge is -2.33. The van der Waals surface area contributed by atoms with Crippen LogP contribution in [0.15, 0.2) is 24.3 Å². The zero-order valence-corrected chi connectivity index (χ0v) is 13.7. The molecular formula is C18H23FN2O3. The fraction of sp³-hybridized carbons (Fsp3) is 0.611. The number of fused-ring (bicyclic) bond motifs is 1. The van der Waals surface area contributed by atoms with E-state index in [9.17, 15) is 9.18 Å². The molecule has 24 heavy (non-hydrogen) atoms. The van der Waals surface area contributed by atoms with Crippen LogP contribution in [0.1, 0.15) is 12.0 Å². The Morgan fingerprint density at radius 3 is 3.00 bits per heavy atom. The first kappa shape index (κ1) is 16.0. The number of benzene rings is 1. The summed E-state index contributed by atoms with van der Waals surface area (Å²) in [6, 6.07) is 6.74. The minimum Gasteiger partial charge on any atom is -0.380 e. The van der Waals surface area contributed by atoms with Crippen LogP contribution in [-0.2, 0) is 20.9 Å². The number of hydroxylamine groups is 2. The van der Waals surface area contributed by atoms with Gasteiger partial charge in [-0.2, -0.15) is 0 Å². The van der Waals surface area contributed by atoms with Gasteiger partial charge < -0.3 is 4.74 Å². The fourth-order valence-electron chi connectivity index (χ4n) is 4.17. The van der Waals surface area contributed by atoms with E-state index in [1.165, 1.54) is 11.1 Å². The molecule has 3 atom stereocenters. The predicted molar refractivity (Wildman–Crippen MR) is 85.2 cm³/mol. The zero-order valence-electron chi connectivity index (χ0n) is 13.7. The van der Waals surface area contributed by atoms with Gasteiger partial charge in [0.05, 0.1) is 32.3 Å². The Morgan fingerprint density at radius 2 is 2.21 bits per heavy atom. The van der Waals surface area contributed by atoms with Crippen molar-refractivity contribution in [2.45, 2.75) is 13.0 Å². The summed E-state index contributed by atoms with van der Waals surface area (Å²) in [4.78, 5) is 20.4. The number of hydrogen-bond donors (Lipinski definition) is 0. The lowest BCUT2D eigenvalue weighted by Crippen LogP contribution is -2.45. The van der Waals surface area contributed by atoms with Gasteiger partial charge >= 0.3 is 0 Å². The van der Waals surface area contributed by atoms with Crippen LogP contribution in [-0.4, -0.2) is 55.3 Å². The molecule has 0 aromatic heterocycles. The van der Waals surface area contributed by atoms with Gasteiger partial charge in [0.15, 0.2) is 0 Å². The third kappa shape index (κ3) is 3.18. The smallest absolute Gasteiger partial charge is 0.251 e. The molecule has 5 nitrogen and oxygen atoms in total. The number of nitrogens with zero attached hydrogens (tertiary/aromatic N) is 2. The van der Waals surface area contributed by atoms with Gasteiger partial charge in [0.2, 0.25) is 0 Å². The van der Waals surface area contributed by atoms with Gasteiger partial charge in [0.25, 0.3) is 5.91 Å². The summed E-state index contributed by atoms with van der Waals surface area (Å²) in [6.45, 7) is 4.95. The van der Waals surface area contributed by atoms with Gasteiger partial charge in [0, 0.05) is 19.6 Å². The molecule has 3 aliphatic heterocycles. The second-order valence-electron chi connectivity index (χ2n) is 7.02. The molecule has 1 amide bonds. The first-order chi connectivity index (χ1) is 11.7. The summed E-state index contributed by atoms with van der Waals surface area (Å²) in [7, 11) is 0. The van der Waals surface area contributed by atoms with Gasteiger partial charge in [-0.25, -0.2) is 9.45 Å². The van der Waals surface area contributed by atoms with Gasteiger partial charge in [0.1, 0.15) is 5.82 Å². The summed E-state index contributed by atoms with van der Waals surface area (Å²) < 4.78 is 19.1. The van der Waals surface area contributed by atoms with Crippen LogP contribution in [0.2, 0.25) is 0 Å². The number of hydrogen-bond acceptors (Lipinski definition) is 4. The first-order valence-corrected chi connectivity index (χ1v) is 8.69. The largest absolute Gasteiger partial charge is 0.380 e. The molecule has 3 fully saturated rings. The summed E-state index contributed by atoms with van der Waals surface area (Å²) in [5.41, 5.74) is 0.973. The number of amides is 1. The average molecular weight is 334 g/mol. The predicted octanol–water partition coefficient (Wildman–Crippen LogP) is 1.68. The number of halogens is 1. The van der Waals surface area contributed by atoms with E-state index in [-0.39, 0.29) is 17.6 Å². The summed E-state index contributed by atoms with van der Waals surface area (Å²) in [5, 5.41) is 1.52. The molecule has 0 aliphatic carbocycles. The lowest BCUT2D eigenvalue weighted by molar-refractivity contribution is -0.181. The van der Waals surface area contributed by atoms with Crippen LogP contribution in [0.5, 0.6) is 0 Å². The van der Waals surface area contributed by atoms with E-state index in [1.807, 2.05) is 6.07 Å². The van der Waals surface area contributed by atoms with Crippen molar-refractivity contribution < 1.29 is 18.8 Å². The molecule has 0 bridgehead atoms. The first-order valence-electron chi connectivity index (χ1n) is 8.69. The highest BCUT2D eigenvalue weighted by atomic mass is 19.1. The Morgan fingerprint density at radius 1 is 1.29 bits per heavy atom. The monoisotopic (exact) mass is 334 g/mol. The van der Waals surface area contributed by atoms with E-state index >= 15 is 0 Å². The van der Waals surface area contributed by atoms with Gasteiger partial charge in [-0.1, -0.05) is 12.1 Å². The van der Waals surface area contributed by atoms with Crippen LogP contribution >= 0.6 is 0 Å². The highest BCUT2D eigenvalue weighted by Gasteiger charge is 2.45. The Labute approximate surface area is 141 Å².